The molecule has 0 spiro atoms. The van der Waals surface area contributed by atoms with Crippen molar-refractivity contribution >= 4 is 11.3 Å². The molecule has 0 atom stereocenters. The van der Waals surface area contributed by atoms with Crippen LogP contribution >= 0.6 is 11.3 Å². The zero-order chi connectivity index (χ0) is 13.4. The average molecular weight is 267 g/mol. The average Bonchev–Trinajstić information content (AvgIpc) is 2.78. The van der Waals surface area contributed by atoms with Gasteiger partial charge >= 0.3 is 0 Å². The lowest BCUT2D eigenvalue weighted by molar-refractivity contribution is 0.125. The van der Waals surface area contributed by atoms with Crippen molar-refractivity contribution in [3.8, 4) is 11.8 Å². The molecule has 1 aromatic rings. The van der Waals surface area contributed by atoms with Crippen molar-refractivity contribution < 1.29 is 9.84 Å². The first-order valence-corrected chi connectivity index (χ1v) is 6.96. The fraction of sp³-hybridized carbons (Fsp3) is 0.571. The molecule has 1 N–H and O–H groups in total. The summed E-state index contributed by atoms with van der Waals surface area (Å²) in [5.74, 6) is 5.70. The molecular formula is C14H21NO2S. The maximum atomic E-state index is 8.75. The lowest BCUT2D eigenvalue weighted by Gasteiger charge is -2.25. The summed E-state index contributed by atoms with van der Waals surface area (Å²) in [4.78, 5) is 3.61. The van der Waals surface area contributed by atoms with Gasteiger partial charge in [0.2, 0.25) is 0 Å². The molecular weight excluding hydrogens is 246 g/mol. The van der Waals surface area contributed by atoms with Crippen LogP contribution in [-0.4, -0.2) is 42.9 Å². The van der Waals surface area contributed by atoms with Crippen LogP contribution in [0.1, 0.15) is 24.3 Å². The second-order valence-electron chi connectivity index (χ2n) is 4.27. The summed E-state index contributed by atoms with van der Waals surface area (Å²) >= 11 is 1.71. The first-order chi connectivity index (χ1) is 8.69. The van der Waals surface area contributed by atoms with E-state index in [1.54, 1.807) is 18.4 Å². The number of aliphatic hydroxyl groups is 1. The van der Waals surface area contributed by atoms with Gasteiger partial charge in [0.15, 0.2) is 0 Å². The Morgan fingerprint density at radius 1 is 1.50 bits per heavy atom. The third kappa shape index (κ3) is 4.79. The standard InChI is InChI=1S/C14H21NO2S/c1-12(2)15(7-9-17-3)11-14-13(5-4-8-16)6-10-18-14/h6,10,12,16H,7-9,11H2,1-3H3. The Morgan fingerprint density at radius 3 is 2.89 bits per heavy atom. The quantitative estimate of drug-likeness (QED) is 0.800. The molecule has 0 saturated carbocycles. The molecule has 3 nitrogen and oxygen atoms in total. The van der Waals surface area contributed by atoms with Crippen LogP contribution in [0.3, 0.4) is 0 Å². The van der Waals surface area contributed by atoms with Gasteiger partial charge in [-0.1, -0.05) is 11.8 Å². The largest absolute Gasteiger partial charge is 0.384 e. The maximum absolute atomic E-state index is 8.75. The van der Waals surface area contributed by atoms with Gasteiger partial charge in [0.25, 0.3) is 0 Å². The smallest absolute Gasteiger partial charge is 0.104 e. The third-order valence-electron chi connectivity index (χ3n) is 2.71. The van der Waals surface area contributed by atoms with Crippen LogP contribution < -0.4 is 0 Å². The summed E-state index contributed by atoms with van der Waals surface area (Å²) in [5, 5.41) is 10.8. The van der Waals surface area contributed by atoms with Gasteiger partial charge in [-0.05, 0) is 25.3 Å². The van der Waals surface area contributed by atoms with Crippen molar-refractivity contribution in [2.45, 2.75) is 26.4 Å². The van der Waals surface area contributed by atoms with Crippen LogP contribution in [0.15, 0.2) is 11.4 Å². The summed E-state index contributed by atoms with van der Waals surface area (Å²) in [6.07, 6.45) is 0. The van der Waals surface area contributed by atoms with E-state index in [9.17, 15) is 0 Å². The van der Waals surface area contributed by atoms with E-state index in [-0.39, 0.29) is 6.61 Å². The van der Waals surface area contributed by atoms with Crippen LogP contribution in [0.25, 0.3) is 0 Å². The molecule has 0 aliphatic carbocycles. The van der Waals surface area contributed by atoms with Gasteiger partial charge in [0.1, 0.15) is 6.61 Å². The summed E-state index contributed by atoms with van der Waals surface area (Å²) in [6, 6.07) is 2.48. The molecule has 4 heteroatoms. The number of rotatable bonds is 6. The van der Waals surface area contributed by atoms with E-state index in [0.717, 1.165) is 25.3 Å². The minimum absolute atomic E-state index is 0.0904. The number of hydrogen-bond donors (Lipinski definition) is 1. The van der Waals surface area contributed by atoms with Crippen LogP contribution in [0.4, 0.5) is 0 Å². The molecule has 1 rings (SSSR count). The Hall–Kier alpha value is -0.860. The maximum Gasteiger partial charge on any atom is 0.104 e. The highest BCUT2D eigenvalue weighted by Crippen LogP contribution is 2.19. The lowest BCUT2D eigenvalue weighted by atomic mass is 10.2. The van der Waals surface area contributed by atoms with E-state index in [4.69, 9.17) is 9.84 Å². The van der Waals surface area contributed by atoms with Crippen molar-refractivity contribution in [3.63, 3.8) is 0 Å². The van der Waals surface area contributed by atoms with Gasteiger partial charge in [-0.15, -0.1) is 11.3 Å². The predicted octanol–water partition coefficient (Wildman–Crippen LogP) is 1.95. The highest BCUT2D eigenvalue weighted by Gasteiger charge is 2.12. The van der Waals surface area contributed by atoms with Gasteiger partial charge in [-0.3, -0.25) is 4.90 Å². The Kier molecular flexibility index (Phi) is 6.99. The van der Waals surface area contributed by atoms with Gasteiger partial charge in [0.05, 0.1) is 6.61 Å². The minimum atomic E-state index is -0.0904. The molecule has 0 bridgehead atoms. The molecule has 18 heavy (non-hydrogen) atoms. The topological polar surface area (TPSA) is 32.7 Å². The molecule has 1 heterocycles. The SMILES string of the molecule is COCCN(Cc1sccc1C#CCO)C(C)C. The van der Waals surface area contributed by atoms with Crippen molar-refractivity contribution in [2.24, 2.45) is 0 Å². The molecule has 0 aromatic carbocycles. The van der Waals surface area contributed by atoms with Crippen molar-refractivity contribution in [1.29, 1.82) is 0 Å². The van der Waals surface area contributed by atoms with E-state index >= 15 is 0 Å². The molecule has 0 aliphatic heterocycles. The second-order valence-corrected chi connectivity index (χ2v) is 5.28. The zero-order valence-corrected chi connectivity index (χ0v) is 12.1. The second kappa shape index (κ2) is 8.28. The fourth-order valence-corrected chi connectivity index (χ4v) is 2.48. The van der Waals surface area contributed by atoms with E-state index < -0.39 is 0 Å². The molecule has 0 unspecified atom stereocenters. The van der Waals surface area contributed by atoms with Gasteiger partial charge in [0, 0.05) is 36.7 Å². The van der Waals surface area contributed by atoms with E-state index in [2.05, 4.69) is 30.6 Å². The highest BCUT2D eigenvalue weighted by atomic mass is 32.1. The number of ether oxygens (including phenoxy) is 1. The molecule has 0 fully saturated rings. The van der Waals surface area contributed by atoms with Crippen LogP contribution in [0, 0.1) is 11.8 Å². The normalized spacial score (nSPS) is 10.8. The first kappa shape index (κ1) is 15.2. The summed E-state index contributed by atoms with van der Waals surface area (Å²) in [5.41, 5.74) is 1.03. The highest BCUT2D eigenvalue weighted by molar-refractivity contribution is 7.10. The molecule has 0 radical (unpaired) electrons. The van der Waals surface area contributed by atoms with Gasteiger partial charge in [-0.2, -0.15) is 0 Å². The number of aliphatic hydroxyl groups excluding tert-OH is 1. The fourth-order valence-electron chi connectivity index (χ4n) is 1.62. The Bertz CT molecular complexity index is 403. The molecule has 0 aliphatic rings. The predicted molar refractivity (Wildman–Crippen MR) is 75.7 cm³/mol. The third-order valence-corrected chi connectivity index (χ3v) is 3.61. The van der Waals surface area contributed by atoms with Crippen LogP contribution in [0.2, 0.25) is 0 Å². The van der Waals surface area contributed by atoms with Crippen LogP contribution in [0.5, 0.6) is 0 Å². The number of hydrogen-bond acceptors (Lipinski definition) is 4. The summed E-state index contributed by atoms with van der Waals surface area (Å²) in [7, 11) is 1.72. The Labute approximate surface area is 113 Å². The number of thiophene rings is 1. The van der Waals surface area contributed by atoms with Gasteiger partial charge in [-0.25, -0.2) is 0 Å². The monoisotopic (exact) mass is 267 g/mol. The van der Waals surface area contributed by atoms with Gasteiger partial charge < -0.3 is 9.84 Å². The minimum Gasteiger partial charge on any atom is -0.384 e. The molecule has 0 amide bonds. The lowest BCUT2D eigenvalue weighted by Crippen LogP contribution is -2.33. The summed E-state index contributed by atoms with van der Waals surface area (Å²) < 4.78 is 5.14. The number of nitrogens with zero attached hydrogens (tertiary/aromatic N) is 1. The molecule has 100 valence electrons. The Morgan fingerprint density at radius 2 is 2.28 bits per heavy atom. The number of methoxy groups -OCH3 is 1. The van der Waals surface area contributed by atoms with Crippen LogP contribution in [-0.2, 0) is 11.3 Å². The van der Waals surface area contributed by atoms with Crippen molar-refractivity contribution in [3.05, 3.63) is 21.9 Å². The molecule has 0 saturated heterocycles. The zero-order valence-electron chi connectivity index (χ0n) is 11.3. The Balaban J connectivity index is 2.71. The van der Waals surface area contributed by atoms with E-state index in [1.165, 1.54) is 4.88 Å². The first-order valence-electron chi connectivity index (χ1n) is 6.08. The summed E-state index contributed by atoms with van der Waals surface area (Å²) in [6.45, 7) is 6.81. The van der Waals surface area contributed by atoms with E-state index in [0.29, 0.717) is 6.04 Å². The van der Waals surface area contributed by atoms with Crippen molar-refractivity contribution in [1.82, 2.24) is 4.90 Å². The molecule has 1 aromatic heterocycles. The van der Waals surface area contributed by atoms with E-state index in [1.807, 2.05) is 11.4 Å². The van der Waals surface area contributed by atoms with Crippen molar-refractivity contribution in [2.75, 3.05) is 26.9 Å².